The van der Waals surface area contributed by atoms with Gasteiger partial charge >= 0.3 is 6.18 Å². The van der Waals surface area contributed by atoms with Crippen LogP contribution in [-0.4, -0.2) is 44.1 Å². The number of aromatic nitrogens is 2. The number of guanidine groups is 1. The van der Waals surface area contributed by atoms with Gasteiger partial charge in [-0.3, -0.25) is 9.67 Å². The second-order valence-corrected chi connectivity index (χ2v) is 5.64. The number of benzene rings is 1. The fraction of sp³-hybridized carbons (Fsp3) is 0.412. The lowest BCUT2D eigenvalue weighted by Gasteiger charge is -2.16. The number of rotatable bonds is 6. The van der Waals surface area contributed by atoms with Crippen LogP contribution in [0.4, 0.5) is 18.9 Å². The van der Waals surface area contributed by atoms with Crippen molar-refractivity contribution in [2.75, 3.05) is 33.7 Å². The number of hydrogen-bond donors (Lipinski definition) is 2. The van der Waals surface area contributed by atoms with Gasteiger partial charge in [0.2, 0.25) is 5.75 Å². The molecular formula is C17H22F3N5O3. The Bertz CT molecular complexity index is 824. The minimum absolute atomic E-state index is 0.00263. The molecule has 0 aliphatic carbocycles. The molecule has 0 spiro atoms. The highest BCUT2D eigenvalue weighted by Gasteiger charge is 2.36. The van der Waals surface area contributed by atoms with Crippen LogP contribution in [0.5, 0.6) is 17.2 Å². The third kappa shape index (κ3) is 4.78. The average molecular weight is 401 g/mol. The summed E-state index contributed by atoms with van der Waals surface area (Å²) < 4.78 is 56.1. The number of halogens is 3. The number of ether oxygens (including phenoxy) is 3. The van der Waals surface area contributed by atoms with Gasteiger partial charge in [0.1, 0.15) is 0 Å². The van der Waals surface area contributed by atoms with E-state index in [0.717, 1.165) is 4.68 Å². The van der Waals surface area contributed by atoms with Crippen LogP contribution in [0.25, 0.3) is 0 Å². The van der Waals surface area contributed by atoms with E-state index in [1.807, 2.05) is 0 Å². The second-order valence-electron chi connectivity index (χ2n) is 5.64. The van der Waals surface area contributed by atoms with Gasteiger partial charge < -0.3 is 24.8 Å². The maximum Gasteiger partial charge on any atom is 0.435 e. The van der Waals surface area contributed by atoms with Crippen LogP contribution in [0, 0.1) is 0 Å². The first-order valence-corrected chi connectivity index (χ1v) is 8.10. The molecular weight excluding hydrogens is 379 g/mol. The Morgan fingerprint density at radius 1 is 1.14 bits per heavy atom. The number of nitrogens with one attached hydrogen (secondary N) is 2. The summed E-state index contributed by atoms with van der Waals surface area (Å²) in [5, 5.41) is 9.29. The fourth-order valence-corrected chi connectivity index (χ4v) is 2.55. The lowest BCUT2D eigenvalue weighted by Crippen LogP contribution is -2.30. The third-order valence-corrected chi connectivity index (χ3v) is 3.77. The fourth-order valence-electron chi connectivity index (χ4n) is 2.55. The van der Waals surface area contributed by atoms with E-state index in [1.54, 1.807) is 12.1 Å². The molecule has 2 aromatic rings. The van der Waals surface area contributed by atoms with Crippen LogP contribution in [0.3, 0.4) is 0 Å². The van der Waals surface area contributed by atoms with Crippen molar-refractivity contribution in [1.29, 1.82) is 0 Å². The van der Waals surface area contributed by atoms with Gasteiger partial charge in [-0.2, -0.15) is 18.3 Å². The summed E-state index contributed by atoms with van der Waals surface area (Å²) in [5.41, 5.74) is -0.390. The van der Waals surface area contributed by atoms with Gasteiger partial charge in [0.05, 0.1) is 21.3 Å². The Balaban J connectivity index is 2.19. The van der Waals surface area contributed by atoms with Crippen molar-refractivity contribution in [2.45, 2.75) is 12.7 Å². The van der Waals surface area contributed by atoms with E-state index >= 15 is 0 Å². The third-order valence-electron chi connectivity index (χ3n) is 3.77. The standard InChI is InChI=1S/C17H22F3N5O3/c1-21-16(22-8-10-9-25(2)24-15(10)17(18,19)20)23-11-6-12(26-3)14(28-5)13(7-11)27-4/h6-7,9H,8H2,1-5H3,(H2,21,22,23). The van der Waals surface area contributed by atoms with E-state index < -0.39 is 11.9 Å². The van der Waals surface area contributed by atoms with Crippen LogP contribution in [0.1, 0.15) is 11.3 Å². The quantitative estimate of drug-likeness (QED) is 0.572. The van der Waals surface area contributed by atoms with E-state index in [-0.39, 0.29) is 18.1 Å². The zero-order chi connectivity index (χ0) is 20.9. The molecule has 28 heavy (non-hydrogen) atoms. The zero-order valence-corrected chi connectivity index (χ0v) is 16.1. The number of aryl methyl sites for hydroxylation is 1. The van der Waals surface area contributed by atoms with E-state index in [4.69, 9.17) is 14.2 Å². The molecule has 1 heterocycles. The van der Waals surface area contributed by atoms with Crippen molar-refractivity contribution in [3.63, 3.8) is 0 Å². The summed E-state index contributed by atoms with van der Waals surface area (Å²) in [7, 11) is 7.38. The molecule has 0 amide bonds. The van der Waals surface area contributed by atoms with Gasteiger partial charge in [-0.15, -0.1) is 0 Å². The van der Waals surface area contributed by atoms with Crippen LogP contribution >= 0.6 is 0 Å². The summed E-state index contributed by atoms with van der Waals surface area (Å²) in [6.07, 6.45) is -3.23. The van der Waals surface area contributed by atoms with Gasteiger partial charge in [0, 0.05) is 50.2 Å². The van der Waals surface area contributed by atoms with Gasteiger partial charge in [-0.25, -0.2) is 0 Å². The first kappa shape index (κ1) is 21.2. The predicted octanol–water partition coefficient (Wildman–Crippen LogP) is 2.65. The molecule has 2 rings (SSSR count). The first-order valence-electron chi connectivity index (χ1n) is 8.10. The number of alkyl halides is 3. The molecule has 0 radical (unpaired) electrons. The Hall–Kier alpha value is -3.11. The second kappa shape index (κ2) is 8.72. The van der Waals surface area contributed by atoms with Gasteiger partial charge in [-0.1, -0.05) is 0 Å². The minimum atomic E-state index is -4.54. The molecule has 1 aromatic heterocycles. The smallest absolute Gasteiger partial charge is 0.435 e. The zero-order valence-electron chi connectivity index (χ0n) is 16.1. The SMILES string of the molecule is CN=C(NCc1cn(C)nc1C(F)(F)F)Nc1cc(OC)c(OC)c(OC)c1. The summed E-state index contributed by atoms with van der Waals surface area (Å²) in [4.78, 5) is 4.02. The molecule has 1 aromatic carbocycles. The Kier molecular flexibility index (Phi) is 6.60. The summed E-state index contributed by atoms with van der Waals surface area (Å²) in [6, 6.07) is 3.30. The molecule has 0 saturated carbocycles. The molecule has 0 aliphatic rings. The molecule has 0 aliphatic heterocycles. The van der Waals surface area contributed by atoms with E-state index in [9.17, 15) is 13.2 Å². The molecule has 8 nitrogen and oxygen atoms in total. The molecule has 154 valence electrons. The van der Waals surface area contributed by atoms with Crippen LogP contribution in [0.15, 0.2) is 23.3 Å². The number of nitrogens with zero attached hydrogens (tertiary/aromatic N) is 3. The number of hydrogen-bond acceptors (Lipinski definition) is 5. The van der Waals surface area contributed by atoms with Crippen molar-refractivity contribution < 1.29 is 27.4 Å². The molecule has 11 heteroatoms. The molecule has 0 saturated heterocycles. The lowest BCUT2D eigenvalue weighted by atomic mass is 10.2. The maximum absolute atomic E-state index is 13.1. The molecule has 0 unspecified atom stereocenters. The summed E-state index contributed by atoms with van der Waals surface area (Å²) in [6.45, 7) is -0.118. The van der Waals surface area contributed by atoms with Crippen molar-refractivity contribution in [3.8, 4) is 17.2 Å². The van der Waals surface area contributed by atoms with Crippen LogP contribution in [-0.2, 0) is 19.8 Å². The molecule has 2 N–H and O–H groups in total. The van der Waals surface area contributed by atoms with Crippen molar-refractivity contribution >= 4 is 11.6 Å². The highest BCUT2D eigenvalue weighted by atomic mass is 19.4. The highest BCUT2D eigenvalue weighted by molar-refractivity contribution is 5.94. The number of anilines is 1. The van der Waals surface area contributed by atoms with Crippen molar-refractivity contribution in [3.05, 3.63) is 29.6 Å². The lowest BCUT2D eigenvalue weighted by molar-refractivity contribution is -0.142. The van der Waals surface area contributed by atoms with E-state index in [1.165, 1.54) is 41.6 Å². The Morgan fingerprint density at radius 2 is 1.75 bits per heavy atom. The summed E-state index contributed by atoms with van der Waals surface area (Å²) >= 11 is 0. The number of aliphatic imine (C=N–C) groups is 1. The highest BCUT2D eigenvalue weighted by Crippen LogP contribution is 2.39. The molecule has 0 fully saturated rings. The summed E-state index contributed by atoms with van der Waals surface area (Å²) in [5.74, 6) is 1.52. The monoisotopic (exact) mass is 401 g/mol. The normalized spacial score (nSPS) is 11.9. The van der Waals surface area contributed by atoms with Crippen LogP contribution < -0.4 is 24.8 Å². The number of methoxy groups -OCH3 is 3. The van der Waals surface area contributed by atoms with Crippen molar-refractivity contribution in [1.82, 2.24) is 15.1 Å². The van der Waals surface area contributed by atoms with Crippen LogP contribution in [0.2, 0.25) is 0 Å². The van der Waals surface area contributed by atoms with Crippen molar-refractivity contribution in [2.24, 2.45) is 12.0 Å². The van der Waals surface area contributed by atoms with Gasteiger partial charge in [0.25, 0.3) is 0 Å². The molecule has 0 atom stereocenters. The average Bonchev–Trinajstić information content (AvgIpc) is 3.05. The largest absolute Gasteiger partial charge is 0.493 e. The first-order chi connectivity index (χ1) is 13.2. The maximum atomic E-state index is 13.1. The Labute approximate surface area is 160 Å². The minimum Gasteiger partial charge on any atom is -0.493 e. The topological polar surface area (TPSA) is 81.9 Å². The van der Waals surface area contributed by atoms with E-state index in [2.05, 4.69) is 20.7 Å². The Morgan fingerprint density at radius 3 is 2.21 bits per heavy atom. The molecule has 0 bridgehead atoms. The predicted molar refractivity (Wildman–Crippen MR) is 98.1 cm³/mol. The van der Waals surface area contributed by atoms with Gasteiger partial charge in [0.15, 0.2) is 23.2 Å². The van der Waals surface area contributed by atoms with Gasteiger partial charge in [-0.05, 0) is 0 Å². The van der Waals surface area contributed by atoms with E-state index in [0.29, 0.717) is 22.9 Å².